The van der Waals surface area contributed by atoms with Crippen molar-refractivity contribution in [1.29, 1.82) is 0 Å². The van der Waals surface area contributed by atoms with Gasteiger partial charge >= 0.3 is 0 Å². The highest BCUT2D eigenvalue weighted by atomic mass is 32.2. The van der Waals surface area contributed by atoms with Gasteiger partial charge in [0.15, 0.2) is 0 Å². The molecule has 1 aromatic rings. The molecule has 1 saturated heterocycles. The molecule has 2 heterocycles. The van der Waals surface area contributed by atoms with Crippen molar-refractivity contribution in [3.05, 3.63) is 29.6 Å². The molecule has 1 aliphatic carbocycles. The lowest BCUT2D eigenvalue weighted by molar-refractivity contribution is 0.188. The van der Waals surface area contributed by atoms with Gasteiger partial charge < -0.3 is 4.74 Å². The Balaban J connectivity index is 1.72. The fourth-order valence-corrected chi connectivity index (χ4v) is 6.43. The van der Waals surface area contributed by atoms with Crippen LogP contribution >= 0.6 is 0 Å². The molecule has 0 bridgehead atoms. The Morgan fingerprint density at radius 1 is 1.30 bits per heavy atom. The molecule has 1 saturated carbocycles. The first kappa shape index (κ1) is 15.4. The highest BCUT2D eigenvalue weighted by Gasteiger charge is 2.49. The van der Waals surface area contributed by atoms with Crippen LogP contribution in [0.5, 0.6) is 0 Å². The van der Waals surface area contributed by atoms with E-state index in [9.17, 15) is 12.8 Å². The summed E-state index contributed by atoms with van der Waals surface area (Å²) in [4.78, 5) is 0. The van der Waals surface area contributed by atoms with Crippen molar-refractivity contribution in [2.75, 3.05) is 29.8 Å². The Labute approximate surface area is 136 Å². The molecule has 2 aliphatic heterocycles. The molecule has 4 nitrogen and oxygen atoms in total. The van der Waals surface area contributed by atoms with Gasteiger partial charge in [0, 0.05) is 30.0 Å². The van der Waals surface area contributed by atoms with Crippen LogP contribution in [-0.4, -0.2) is 33.9 Å². The average molecular weight is 339 g/mol. The average Bonchev–Trinajstić information content (AvgIpc) is 3.22. The standard InChI is InChI=1S/C17H22FNO3S/c18-14-4-3-5-15-16(14)17(7-1-2-8-17)12-19(15)23(20,21)11-13-6-9-22-10-13/h3-5,13H,1-2,6-12H2/t13-/m1/s1. The molecule has 23 heavy (non-hydrogen) atoms. The number of halogens is 1. The van der Waals surface area contributed by atoms with Crippen LogP contribution in [0.1, 0.15) is 37.7 Å². The monoisotopic (exact) mass is 339 g/mol. The van der Waals surface area contributed by atoms with Crippen molar-refractivity contribution >= 4 is 15.7 Å². The molecule has 3 aliphatic rings. The fourth-order valence-electron chi connectivity index (χ4n) is 4.50. The minimum absolute atomic E-state index is 0.0529. The van der Waals surface area contributed by atoms with Crippen LogP contribution in [0.25, 0.3) is 0 Å². The summed E-state index contributed by atoms with van der Waals surface area (Å²) >= 11 is 0. The maximum atomic E-state index is 14.5. The SMILES string of the molecule is O=S(=O)(C[C@@H]1CCOC1)N1CC2(CCCC2)c2c(F)cccc21. The highest BCUT2D eigenvalue weighted by Crippen LogP contribution is 2.52. The van der Waals surface area contributed by atoms with Crippen molar-refractivity contribution in [2.45, 2.75) is 37.5 Å². The Kier molecular flexibility index (Phi) is 3.65. The van der Waals surface area contributed by atoms with E-state index in [1.54, 1.807) is 12.1 Å². The van der Waals surface area contributed by atoms with Gasteiger partial charge in [-0.25, -0.2) is 12.8 Å². The van der Waals surface area contributed by atoms with Gasteiger partial charge in [-0.05, 0) is 31.4 Å². The van der Waals surface area contributed by atoms with Crippen LogP contribution in [0.2, 0.25) is 0 Å². The molecular formula is C17H22FNO3S. The molecule has 0 unspecified atom stereocenters. The van der Waals surface area contributed by atoms with E-state index < -0.39 is 10.0 Å². The van der Waals surface area contributed by atoms with Gasteiger partial charge in [0.05, 0.1) is 18.0 Å². The lowest BCUT2D eigenvalue weighted by Gasteiger charge is -2.26. The molecule has 126 valence electrons. The third-order valence-corrected chi connectivity index (χ3v) is 7.49. The van der Waals surface area contributed by atoms with Crippen LogP contribution in [0.4, 0.5) is 10.1 Å². The normalized spacial score (nSPS) is 26.1. The third-order valence-electron chi connectivity index (χ3n) is 5.60. The van der Waals surface area contributed by atoms with E-state index in [2.05, 4.69) is 0 Å². The molecule has 2 fully saturated rings. The van der Waals surface area contributed by atoms with Gasteiger partial charge in [-0.3, -0.25) is 4.31 Å². The molecular weight excluding hydrogens is 317 g/mol. The summed E-state index contributed by atoms with van der Waals surface area (Å²) < 4.78 is 47.2. The van der Waals surface area contributed by atoms with Crippen LogP contribution in [0.3, 0.4) is 0 Å². The Hall–Kier alpha value is -1.14. The molecule has 4 rings (SSSR count). The first-order chi connectivity index (χ1) is 11.0. The quantitative estimate of drug-likeness (QED) is 0.851. The number of anilines is 1. The predicted octanol–water partition coefficient (Wildman–Crippen LogP) is 2.82. The number of sulfonamides is 1. The molecule has 0 amide bonds. The minimum Gasteiger partial charge on any atom is -0.381 e. The van der Waals surface area contributed by atoms with E-state index in [0.29, 0.717) is 31.0 Å². The number of ether oxygens (including phenoxy) is 1. The van der Waals surface area contributed by atoms with E-state index in [4.69, 9.17) is 4.74 Å². The summed E-state index contributed by atoms with van der Waals surface area (Å²) in [6.45, 7) is 1.54. The largest absolute Gasteiger partial charge is 0.381 e. The Morgan fingerprint density at radius 2 is 2.09 bits per heavy atom. The second-order valence-corrected chi connectivity index (χ2v) is 9.07. The second kappa shape index (κ2) is 5.45. The molecule has 6 heteroatoms. The third kappa shape index (κ3) is 2.47. The number of hydrogen-bond donors (Lipinski definition) is 0. The van der Waals surface area contributed by atoms with E-state index >= 15 is 0 Å². The summed E-state index contributed by atoms with van der Waals surface area (Å²) in [7, 11) is -3.45. The summed E-state index contributed by atoms with van der Waals surface area (Å²) in [5.41, 5.74) is 0.870. The number of hydrogen-bond acceptors (Lipinski definition) is 3. The maximum absolute atomic E-state index is 14.5. The maximum Gasteiger partial charge on any atom is 0.235 e. The van der Waals surface area contributed by atoms with E-state index in [1.807, 2.05) is 0 Å². The number of nitrogens with zero attached hydrogens (tertiary/aromatic N) is 1. The second-order valence-electron chi connectivity index (χ2n) is 7.14. The topological polar surface area (TPSA) is 46.6 Å². The Bertz CT molecular complexity index is 707. The zero-order valence-electron chi connectivity index (χ0n) is 13.1. The van der Waals surface area contributed by atoms with Crippen LogP contribution in [0.15, 0.2) is 18.2 Å². The molecule has 1 spiro atoms. The van der Waals surface area contributed by atoms with Gasteiger partial charge in [0.1, 0.15) is 5.82 Å². The smallest absolute Gasteiger partial charge is 0.235 e. The van der Waals surface area contributed by atoms with E-state index in [-0.39, 0.29) is 22.9 Å². The van der Waals surface area contributed by atoms with Gasteiger partial charge in [-0.1, -0.05) is 18.9 Å². The van der Waals surface area contributed by atoms with Crippen LogP contribution in [-0.2, 0) is 20.2 Å². The van der Waals surface area contributed by atoms with Gasteiger partial charge in [-0.15, -0.1) is 0 Å². The van der Waals surface area contributed by atoms with Crippen molar-refractivity contribution in [1.82, 2.24) is 0 Å². The summed E-state index contributed by atoms with van der Waals surface area (Å²) in [6.07, 6.45) is 4.61. The zero-order chi connectivity index (χ0) is 16.1. The first-order valence-electron chi connectivity index (χ1n) is 8.39. The molecule has 0 N–H and O–H groups in total. The molecule has 1 atom stereocenters. The van der Waals surface area contributed by atoms with Crippen LogP contribution < -0.4 is 4.31 Å². The van der Waals surface area contributed by atoms with Crippen LogP contribution in [0, 0.1) is 11.7 Å². The van der Waals surface area contributed by atoms with Crippen molar-refractivity contribution < 1.29 is 17.5 Å². The minimum atomic E-state index is -3.45. The molecule has 0 radical (unpaired) electrons. The van der Waals surface area contributed by atoms with Gasteiger partial charge in [0.25, 0.3) is 0 Å². The number of fused-ring (bicyclic) bond motifs is 2. The van der Waals surface area contributed by atoms with E-state index in [1.165, 1.54) is 10.4 Å². The van der Waals surface area contributed by atoms with Crippen molar-refractivity contribution in [3.63, 3.8) is 0 Å². The lowest BCUT2D eigenvalue weighted by atomic mass is 9.80. The molecule has 0 aromatic heterocycles. The number of benzene rings is 1. The summed E-state index contributed by atoms with van der Waals surface area (Å²) in [5.74, 6) is -0.109. The first-order valence-corrected chi connectivity index (χ1v) is 10.00. The van der Waals surface area contributed by atoms with Gasteiger partial charge in [-0.2, -0.15) is 0 Å². The van der Waals surface area contributed by atoms with Gasteiger partial charge in [0.2, 0.25) is 10.0 Å². The number of rotatable bonds is 3. The zero-order valence-corrected chi connectivity index (χ0v) is 13.9. The lowest BCUT2D eigenvalue weighted by Crippen LogP contribution is -2.38. The summed E-state index contributed by atoms with van der Waals surface area (Å²) in [5, 5.41) is 0. The van der Waals surface area contributed by atoms with Crippen molar-refractivity contribution in [2.24, 2.45) is 5.92 Å². The molecule has 1 aromatic carbocycles. The fraction of sp³-hybridized carbons (Fsp3) is 0.647. The van der Waals surface area contributed by atoms with Crippen molar-refractivity contribution in [3.8, 4) is 0 Å². The summed E-state index contributed by atoms with van der Waals surface area (Å²) in [6, 6.07) is 4.83. The Morgan fingerprint density at radius 3 is 2.78 bits per heavy atom. The highest BCUT2D eigenvalue weighted by molar-refractivity contribution is 7.92. The predicted molar refractivity (Wildman–Crippen MR) is 86.6 cm³/mol. The van der Waals surface area contributed by atoms with E-state index in [0.717, 1.165) is 32.1 Å².